The maximum atomic E-state index is 6.16. The van der Waals surface area contributed by atoms with Gasteiger partial charge in [-0.15, -0.1) is 10.2 Å². The number of ether oxygens (including phenoxy) is 2. The maximum absolute atomic E-state index is 6.16. The summed E-state index contributed by atoms with van der Waals surface area (Å²) >= 11 is 6.16. The summed E-state index contributed by atoms with van der Waals surface area (Å²) in [5.41, 5.74) is 0.834. The van der Waals surface area contributed by atoms with Crippen LogP contribution in [0.1, 0.15) is 24.6 Å². The van der Waals surface area contributed by atoms with Crippen LogP contribution in [0.4, 0.5) is 0 Å². The number of halogens is 1. The molecule has 0 amide bonds. The van der Waals surface area contributed by atoms with E-state index in [1.807, 2.05) is 22.8 Å². The molecule has 3 rings (SSSR count). The van der Waals surface area contributed by atoms with Crippen LogP contribution in [-0.2, 0) is 0 Å². The van der Waals surface area contributed by atoms with E-state index < -0.39 is 0 Å². The summed E-state index contributed by atoms with van der Waals surface area (Å²) in [5, 5.41) is 8.48. The van der Waals surface area contributed by atoms with Gasteiger partial charge in [-0.05, 0) is 36.6 Å². The molecule has 1 saturated carbocycles. The SMILES string of the molecule is COc1ccc(-n2c(Cl)nnc2C2CC2)c(OC)c1. The Morgan fingerprint density at radius 3 is 2.63 bits per heavy atom. The number of methoxy groups -OCH3 is 2. The molecule has 0 radical (unpaired) electrons. The van der Waals surface area contributed by atoms with Gasteiger partial charge in [0.1, 0.15) is 17.3 Å². The molecular weight excluding hydrogens is 266 g/mol. The lowest BCUT2D eigenvalue weighted by atomic mass is 10.2. The molecule has 1 aromatic heterocycles. The lowest BCUT2D eigenvalue weighted by Gasteiger charge is -2.13. The highest BCUT2D eigenvalue weighted by Crippen LogP contribution is 2.42. The van der Waals surface area contributed by atoms with Crippen molar-refractivity contribution in [3.05, 3.63) is 29.3 Å². The molecule has 0 unspecified atom stereocenters. The van der Waals surface area contributed by atoms with E-state index in [2.05, 4.69) is 10.2 Å². The summed E-state index contributed by atoms with van der Waals surface area (Å²) in [6.45, 7) is 0. The highest BCUT2D eigenvalue weighted by Gasteiger charge is 2.31. The predicted octanol–water partition coefficient (Wildman–Crippen LogP) is 2.82. The lowest BCUT2D eigenvalue weighted by molar-refractivity contribution is 0.393. The van der Waals surface area contributed by atoms with E-state index in [4.69, 9.17) is 21.1 Å². The fraction of sp³-hybridized carbons (Fsp3) is 0.385. The molecule has 100 valence electrons. The molecule has 0 bridgehead atoms. The van der Waals surface area contributed by atoms with Crippen molar-refractivity contribution >= 4 is 11.6 Å². The van der Waals surface area contributed by atoms with Crippen molar-refractivity contribution in [2.45, 2.75) is 18.8 Å². The van der Waals surface area contributed by atoms with Crippen LogP contribution >= 0.6 is 11.6 Å². The Hall–Kier alpha value is -1.75. The van der Waals surface area contributed by atoms with Gasteiger partial charge in [0, 0.05) is 12.0 Å². The van der Waals surface area contributed by atoms with E-state index >= 15 is 0 Å². The average Bonchev–Trinajstić information content (AvgIpc) is 3.21. The van der Waals surface area contributed by atoms with Gasteiger partial charge in [-0.2, -0.15) is 0 Å². The van der Waals surface area contributed by atoms with Crippen LogP contribution in [0.2, 0.25) is 5.28 Å². The third-order valence-corrected chi connectivity index (χ3v) is 3.46. The van der Waals surface area contributed by atoms with Gasteiger partial charge in [0.05, 0.1) is 19.9 Å². The molecule has 19 heavy (non-hydrogen) atoms. The monoisotopic (exact) mass is 279 g/mol. The molecule has 6 heteroatoms. The number of aromatic nitrogens is 3. The van der Waals surface area contributed by atoms with Crippen molar-refractivity contribution in [2.75, 3.05) is 14.2 Å². The quantitative estimate of drug-likeness (QED) is 0.863. The minimum Gasteiger partial charge on any atom is -0.497 e. The lowest BCUT2D eigenvalue weighted by Crippen LogP contribution is -2.03. The van der Waals surface area contributed by atoms with E-state index in [0.29, 0.717) is 17.0 Å². The number of hydrogen-bond donors (Lipinski definition) is 0. The van der Waals surface area contributed by atoms with Crippen molar-refractivity contribution < 1.29 is 9.47 Å². The first-order chi connectivity index (χ1) is 9.24. The standard InChI is InChI=1S/C13H14ClN3O2/c1-18-9-5-6-10(11(7-9)19-2)17-12(8-3-4-8)15-16-13(17)14/h5-8H,3-4H2,1-2H3. The minimum absolute atomic E-state index is 0.352. The Bertz CT molecular complexity index is 608. The molecule has 0 spiro atoms. The fourth-order valence-corrected chi connectivity index (χ4v) is 2.29. The van der Waals surface area contributed by atoms with Crippen LogP contribution in [0.25, 0.3) is 5.69 Å². The predicted molar refractivity (Wildman–Crippen MR) is 71.4 cm³/mol. The van der Waals surface area contributed by atoms with E-state index in [0.717, 1.165) is 30.1 Å². The van der Waals surface area contributed by atoms with E-state index in [1.54, 1.807) is 14.2 Å². The average molecular weight is 280 g/mol. The molecule has 5 nitrogen and oxygen atoms in total. The van der Waals surface area contributed by atoms with E-state index in [9.17, 15) is 0 Å². The topological polar surface area (TPSA) is 49.2 Å². The van der Waals surface area contributed by atoms with Crippen LogP contribution in [-0.4, -0.2) is 29.0 Å². The molecule has 0 N–H and O–H groups in total. The summed E-state index contributed by atoms with van der Waals surface area (Å²) in [4.78, 5) is 0. The molecule has 1 heterocycles. The Morgan fingerprint density at radius 2 is 2.00 bits per heavy atom. The van der Waals surface area contributed by atoms with Crippen molar-refractivity contribution in [3.8, 4) is 17.2 Å². The summed E-state index contributed by atoms with van der Waals surface area (Å²) in [7, 11) is 3.24. The molecule has 1 aliphatic carbocycles. The van der Waals surface area contributed by atoms with Crippen molar-refractivity contribution in [2.24, 2.45) is 0 Å². The minimum atomic E-state index is 0.352. The maximum Gasteiger partial charge on any atom is 0.229 e. The second-order valence-corrected chi connectivity index (χ2v) is 4.81. The summed E-state index contributed by atoms with van der Waals surface area (Å²) in [5.74, 6) is 2.76. The van der Waals surface area contributed by atoms with Gasteiger partial charge < -0.3 is 9.47 Å². The van der Waals surface area contributed by atoms with Gasteiger partial charge in [-0.25, -0.2) is 0 Å². The smallest absolute Gasteiger partial charge is 0.229 e. The number of hydrogen-bond acceptors (Lipinski definition) is 4. The Balaban J connectivity index is 2.13. The largest absolute Gasteiger partial charge is 0.497 e. The van der Waals surface area contributed by atoms with Crippen molar-refractivity contribution in [1.82, 2.24) is 14.8 Å². The zero-order valence-corrected chi connectivity index (χ0v) is 11.5. The molecule has 1 fully saturated rings. The number of nitrogens with zero attached hydrogens (tertiary/aromatic N) is 3. The Kier molecular flexibility index (Phi) is 3.06. The zero-order chi connectivity index (χ0) is 13.4. The molecule has 2 aromatic rings. The Morgan fingerprint density at radius 1 is 1.21 bits per heavy atom. The number of benzene rings is 1. The summed E-state index contributed by atoms with van der Waals surface area (Å²) in [6, 6.07) is 5.59. The molecule has 0 saturated heterocycles. The van der Waals surface area contributed by atoms with Gasteiger partial charge in [0.15, 0.2) is 0 Å². The third-order valence-electron chi connectivity index (χ3n) is 3.22. The molecule has 1 aliphatic rings. The van der Waals surface area contributed by atoms with Gasteiger partial charge in [0.2, 0.25) is 5.28 Å². The van der Waals surface area contributed by atoms with Crippen LogP contribution in [0.15, 0.2) is 18.2 Å². The van der Waals surface area contributed by atoms with Gasteiger partial charge in [-0.3, -0.25) is 4.57 Å². The molecule has 0 aliphatic heterocycles. The first-order valence-corrected chi connectivity index (χ1v) is 6.45. The number of rotatable bonds is 4. The summed E-state index contributed by atoms with van der Waals surface area (Å²) < 4.78 is 12.4. The highest BCUT2D eigenvalue weighted by molar-refractivity contribution is 6.28. The Labute approximate surface area is 116 Å². The first kappa shape index (κ1) is 12.3. The molecular formula is C13H14ClN3O2. The van der Waals surface area contributed by atoms with Crippen LogP contribution < -0.4 is 9.47 Å². The first-order valence-electron chi connectivity index (χ1n) is 6.07. The van der Waals surface area contributed by atoms with Gasteiger partial charge in [0.25, 0.3) is 0 Å². The van der Waals surface area contributed by atoms with E-state index in [1.165, 1.54) is 0 Å². The second-order valence-electron chi connectivity index (χ2n) is 4.47. The van der Waals surface area contributed by atoms with Crippen LogP contribution in [0.3, 0.4) is 0 Å². The molecule has 0 atom stereocenters. The third kappa shape index (κ3) is 2.14. The van der Waals surface area contributed by atoms with Gasteiger partial charge >= 0.3 is 0 Å². The van der Waals surface area contributed by atoms with E-state index in [-0.39, 0.29) is 0 Å². The zero-order valence-electron chi connectivity index (χ0n) is 10.8. The normalized spacial score (nSPS) is 14.5. The van der Waals surface area contributed by atoms with Gasteiger partial charge in [-0.1, -0.05) is 0 Å². The van der Waals surface area contributed by atoms with Crippen molar-refractivity contribution in [3.63, 3.8) is 0 Å². The highest BCUT2D eigenvalue weighted by atomic mass is 35.5. The molecule has 1 aromatic carbocycles. The summed E-state index contributed by atoms with van der Waals surface area (Å²) in [6.07, 6.45) is 2.26. The second kappa shape index (κ2) is 4.74. The van der Waals surface area contributed by atoms with Crippen LogP contribution in [0, 0.1) is 0 Å². The van der Waals surface area contributed by atoms with Crippen molar-refractivity contribution in [1.29, 1.82) is 0 Å². The fourth-order valence-electron chi connectivity index (χ4n) is 2.07. The van der Waals surface area contributed by atoms with Crippen LogP contribution in [0.5, 0.6) is 11.5 Å².